The minimum absolute atomic E-state index is 0.0392. The van der Waals surface area contributed by atoms with Gasteiger partial charge in [-0.1, -0.05) is 60.1 Å². The van der Waals surface area contributed by atoms with Gasteiger partial charge in [-0.2, -0.15) is 0 Å². The van der Waals surface area contributed by atoms with Crippen LogP contribution in [0.3, 0.4) is 0 Å². The maximum absolute atomic E-state index is 12.9. The van der Waals surface area contributed by atoms with Crippen LogP contribution in [-0.4, -0.2) is 34.4 Å². The summed E-state index contributed by atoms with van der Waals surface area (Å²) >= 11 is 0. The third kappa shape index (κ3) is 3.37. The second-order valence-corrected chi connectivity index (χ2v) is 15.2. The summed E-state index contributed by atoms with van der Waals surface area (Å²) in [7, 11) is 0. The van der Waals surface area contributed by atoms with Crippen LogP contribution in [0.1, 0.15) is 107 Å². The topological polar surface area (TPSA) is 83.8 Å². The number of carbonyl (C=O) groups is 2. The summed E-state index contributed by atoms with van der Waals surface area (Å²) in [5.74, 6) is 0.843. The number of carbonyl (C=O) groups excluding carboxylic acids is 1. The second kappa shape index (κ2) is 8.32. The van der Waals surface area contributed by atoms with Gasteiger partial charge in [0.1, 0.15) is 6.10 Å². The average molecular weight is 515 g/mol. The number of ether oxygens (including phenoxy) is 1. The van der Waals surface area contributed by atoms with E-state index in [2.05, 4.69) is 54.5 Å². The van der Waals surface area contributed by atoms with Crippen molar-refractivity contribution < 1.29 is 24.5 Å². The Balaban J connectivity index is 1.58. The molecule has 208 valence electrons. The van der Waals surface area contributed by atoms with Crippen molar-refractivity contribution in [1.82, 2.24) is 0 Å². The first-order valence-electron chi connectivity index (χ1n) is 14.9. The highest BCUT2D eigenvalue weighted by Gasteiger charge is 2.70. The highest BCUT2D eigenvalue weighted by atomic mass is 16.6. The van der Waals surface area contributed by atoms with E-state index in [9.17, 15) is 19.8 Å². The maximum atomic E-state index is 12.9. The van der Waals surface area contributed by atoms with Crippen molar-refractivity contribution in [3.05, 3.63) is 11.6 Å². The third-order valence-corrected chi connectivity index (χ3v) is 13.6. The molecule has 5 rings (SSSR count). The molecule has 2 N–H and O–H groups in total. The summed E-state index contributed by atoms with van der Waals surface area (Å²) in [5, 5.41) is 22.0. The number of hydrogen-bond donors (Lipinski definition) is 2. The SMILES string of the molecule is CC(=O)O[C@H]1[C@H](O)C[C@@]2(C)C(CC[C@]3(C)[C@@H]2CC=C2[C@@H]4[C@@H](C)[C@H](C)CC[C@]4(C(=O)O)CC[C@]23C)C1(C)C. The first kappa shape index (κ1) is 27.2. The Morgan fingerprint density at radius 2 is 1.65 bits per heavy atom. The molecule has 0 aromatic carbocycles. The van der Waals surface area contributed by atoms with Crippen LogP contribution in [0.4, 0.5) is 0 Å². The molecular formula is C32H50O5. The van der Waals surface area contributed by atoms with Crippen LogP contribution in [0.25, 0.3) is 0 Å². The second-order valence-electron chi connectivity index (χ2n) is 15.2. The molecule has 0 bridgehead atoms. The summed E-state index contributed by atoms with van der Waals surface area (Å²) in [5.41, 5.74) is 0.418. The fourth-order valence-electron chi connectivity index (χ4n) is 11.4. The molecule has 5 heteroatoms. The van der Waals surface area contributed by atoms with Crippen LogP contribution in [0.5, 0.6) is 0 Å². The Labute approximate surface area is 223 Å². The van der Waals surface area contributed by atoms with Gasteiger partial charge in [0.2, 0.25) is 0 Å². The van der Waals surface area contributed by atoms with Crippen LogP contribution in [-0.2, 0) is 14.3 Å². The molecule has 4 fully saturated rings. The lowest BCUT2D eigenvalue weighted by Gasteiger charge is -2.71. The van der Waals surface area contributed by atoms with Gasteiger partial charge in [0, 0.05) is 12.3 Å². The fraction of sp³-hybridized carbons (Fsp3) is 0.875. The molecule has 0 aromatic heterocycles. The number of hydrogen-bond acceptors (Lipinski definition) is 4. The lowest BCUT2D eigenvalue weighted by Crippen LogP contribution is -2.67. The number of aliphatic hydroxyl groups is 1. The summed E-state index contributed by atoms with van der Waals surface area (Å²) in [6, 6.07) is 0. The van der Waals surface area contributed by atoms with Gasteiger partial charge in [0.05, 0.1) is 11.5 Å². The van der Waals surface area contributed by atoms with E-state index in [1.54, 1.807) is 0 Å². The van der Waals surface area contributed by atoms with Crippen molar-refractivity contribution in [2.75, 3.05) is 0 Å². The zero-order valence-corrected chi connectivity index (χ0v) is 24.4. The Hall–Kier alpha value is -1.36. The number of aliphatic carboxylic acids is 1. The van der Waals surface area contributed by atoms with Gasteiger partial charge in [-0.3, -0.25) is 9.59 Å². The molecule has 5 aliphatic carbocycles. The van der Waals surface area contributed by atoms with Crippen molar-refractivity contribution in [3.63, 3.8) is 0 Å². The summed E-state index contributed by atoms with van der Waals surface area (Å²) in [6.07, 6.45) is 8.55. The number of allylic oxidation sites excluding steroid dienone is 2. The molecule has 0 amide bonds. The van der Waals surface area contributed by atoms with Crippen LogP contribution >= 0.6 is 0 Å². The van der Waals surface area contributed by atoms with Crippen molar-refractivity contribution in [3.8, 4) is 0 Å². The molecule has 0 saturated heterocycles. The highest BCUT2D eigenvalue weighted by molar-refractivity contribution is 5.76. The monoisotopic (exact) mass is 514 g/mol. The minimum Gasteiger partial charge on any atom is -0.481 e. The van der Waals surface area contributed by atoms with E-state index < -0.39 is 23.6 Å². The van der Waals surface area contributed by atoms with Crippen LogP contribution in [0.15, 0.2) is 11.6 Å². The lowest BCUT2D eigenvalue weighted by molar-refractivity contribution is -0.239. The van der Waals surface area contributed by atoms with E-state index in [0.717, 1.165) is 44.9 Å². The first-order valence-corrected chi connectivity index (χ1v) is 14.9. The average Bonchev–Trinajstić information content (AvgIpc) is 2.79. The van der Waals surface area contributed by atoms with E-state index >= 15 is 0 Å². The first-order chi connectivity index (χ1) is 17.1. The number of carboxylic acids is 1. The predicted molar refractivity (Wildman–Crippen MR) is 144 cm³/mol. The van der Waals surface area contributed by atoms with Gasteiger partial charge in [-0.05, 0) is 97.2 Å². The molecule has 0 aromatic rings. The Bertz CT molecular complexity index is 1010. The zero-order chi connectivity index (χ0) is 27.3. The number of carboxylic acid groups (broad SMARTS) is 1. The van der Waals surface area contributed by atoms with Crippen molar-refractivity contribution in [2.45, 2.75) is 119 Å². The summed E-state index contributed by atoms with van der Waals surface area (Å²) < 4.78 is 5.74. The largest absolute Gasteiger partial charge is 0.481 e. The van der Waals surface area contributed by atoms with Crippen molar-refractivity contribution in [2.24, 2.45) is 56.7 Å². The Morgan fingerprint density at radius 3 is 2.27 bits per heavy atom. The molecule has 37 heavy (non-hydrogen) atoms. The molecule has 0 radical (unpaired) electrons. The molecule has 0 heterocycles. The molecule has 11 atom stereocenters. The molecule has 5 nitrogen and oxygen atoms in total. The van der Waals surface area contributed by atoms with Gasteiger partial charge < -0.3 is 14.9 Å². The van der Waals surface area contributed by atoms with Gasteiger partial charge in [-0.15, -0.1) is 0 Å². The summed E-state index contributed by atoms with van der Waals surface area (Å²) in [4.78, 5) is 24.8. The molecule has 0 spiro atoms. The van der Waals surface area contributed by atoms with Crippen LogP contribution in [0, 0.1) is 56.7 Å². The van der Waals surface area contributed by atoms with Gasteiger partial charge in [0.15, 0.2) is 0 Å². The lowest BCUT2D eigenvalue weighted by atomic mass is 9.33. The van der Waals surface area contributed by atoms with E-state index in [1.165, 1.54) is 12.5 Å². The van der Waals surface area contributed by atoms with Gasteiger partial charge in [-0.25, -0.2) is 0 Å². The van der Waals surface area contributed by atoms with Gasteiger partial charge >= 0.3 is 11.9 Å². The van der Waals surface area contributed by atoms with Crippen LogP contribution in [0.2, 0.25) is 0 Å². The van der Waals surface area contributed by atoms with E-state index in [1.807, 2.05) is 0 Å². The van der Waals surface area contributed by atoms with Crippen LogP contribution < -0.4 is 0 Å². The van der Waals surface area contributed by atoms with E-state index in [-0.39, 0.29) is 33.5 Å². The Morgan fingerprint density at radius 1 is 0.973 bits per heavy atom. The standard InChI is InChI=1S/C32H50O5/c1-18-11-14-32(27(35)36)16-15-30(7)21(25(32)19(18)2)9-10-24-29(6)17-22(34)26(37-20(3)33)28(4,5)23(29)12-13-31(24,30)8/h9,18-19,22-26,34H,10-17H2,1-8H3,(H,35,36)/t18-,19+,22-,23?,24-,25+,26+,29+,30-,31-,32+/m1/s1. The smallest absolute Gasteiger partial charge is 0.310 e. The third-order valence-electron chi connectivity index (χ3n) is 13.6. The fourth-order valence-corrected chi connectivity index (χ4v) is 11.4. The number of aliphatic hydroxyl groups excluding tert-OH is 1. The molecular weight excluding hydrogens is 464 g/mol. The highest BCUT2D eigenvalue weighted by Crippen LogP contribution is 2.75. The predicted octanol–water partition coefficient (Wildman–Crippen LogP) is 6.63. The maximum Gasteiger partial charge on any atom is 0.310 e. The summed E-state index contributed by atoms with van der Waals surface area (Å²) in [6.45, 7) is 17.8. The van der Waals surface area contributed by atoms with E-state index in [4.69, 9.17) is 4.74 Å². The number of rotatable bonds is 2. The zero-order valence-electron chi connectivity index (χ0n) is 24.4. The Kier molecular flexibility index (Phi) is 6.12. The normalized spacial score (nSPS) is 52.5. The van der Waals surface area contributed by atoms with Gasteiger partial charge in [0.25, 0.3) is 0 Å². The number of esters is 1. The molecule has 5 aliphatic rings. The van der Waals surface area contributed by atoms with E-state index in [0.29, 0.717) is 30.1 Å². The van der Waals surface area contributed by atoms with Crippen molar-refractivity contribution >= 4 is 11.9 Å². The molecule has 4 saturated carbocycles. The van der Waals surface area contributed by atoms with Crippen molar-refractivity contribution in [1.29, 1.82) is 0 Å². The quantitative estimate of drug-likeness (QED) is 0.319. The molecule has 1 unspecified atom stereocenters. The number of fused-ring (bicyclic) bond motifs is 7. The molecule has 0 aliphatic heterocycles. The minimum atomic E-state index is -0.675.